The first-order valence-electron chi connectivity index (χ1n) is 6.07. The van der Waals surface area contributed by atoms with Gasteiger partial charge in [-0.25, -0.2) is 0 Å². The fraction of sp³-hybridized carbons (Fsp3) is 0.615. The number of nitrogens with one attached hydrogen (secondary N) is 1. The predicted molar refractivity (Wildman–Crippen MR) is 68.0 cm³/mol. The van der Waals surface area contributed by atoms with Gasteiger partial charge in [-0.3, -0.25) is 4.98 Å². The number of pyridine rings is 1. The van der Waals surface area contributed by atoms with Crippen LogP contribution < -0.4 is 10.2 Å². The van der Waals surface area contributed by atoms with E-state index in [1.165, 1.54) is 18.5 Å². The molecule has 1 fully saturated rings. The normalized spacial score (nSPS) is 17.8. The highest BCUT2D eigenvalue weighted by Crippen LogP contribution is 2.22. The molecule has 88 valence electrons. The van der Waals surface area contributed by atoms with Crippen LogP contribution in [0.25, 0.3) is 0 Å². The van der Waals surface area contributed by atoms with Gasteiger partial charge in [-0.1, -0.05) is 0 Å². The van der Waals surface area contributed by atoms with E-state index < -0.39 is 0 Å². The summed E-state index contributed by atoms with van der Waals surface area (Å²) in [5.74, 6) is 0. The molecule has 16 heavy (non-hydrogen) atoms. The van der Waals surface area contributed by atoms with Gasteiger partial charge in [-0.2, -0.15) is 0 Å². The van der Waals surface area contributed by atoms with Crippen LogP contribution >= 0.6 is 0 Å². The fourth-order valence-corrected chi connectivity index (χ4v) is 2.42. The lowest BCUT2D eigenvalue weighted by atomic mass is 10.0. The number of hydrogen-bond acceptors (Lipinski definition) is 3. The van der Waals surface area contributed by atoms with Crippen molar-refractivity contribution in [2.24, 2.45) is 0 Å². The van der Waals surface area contributed by atoms with Gasteiger partial charge >= 0.3 is 0 Å². The molecule has 0 unspecified atom stereocenters. The molecule has 1 aliphatic heterocycles. The van der Waals surface area contributed by atoms with E-state index in [1.54, 1.807) is 0 Å². The van der Waals surface area contributed by atoms with Gasteiger partial charge in [-0.05, 0) is 45.9 Å². The first-order valence-corrected chi connectivity index (χ1v) is 6.07. The van der Waals surface area contributed by atoms with Gasteiger partial charge in [0.25, 0.3) is 0 Å². The van der Waals surface area contributed by atoms with Crippen molar-refractivity contribution in [1.82, 2.24) is 10.3 Å². The number of rotatable bonds is 2. The Labute approximate surface area is 97.9 Å². The lowest BCUT2D eigenvalue weighted by molar-refractivity contribution is 0.442. The SMILES string of the molecule is CNC1CCN(c2ccc(C)nc2C)CC1. The van der Waals surface area contributed by atoms with Crippen molar-refractivity contribution >= 4 is 5.69 Å². The van der Waals surface area contributed by atoms with E-state index in [0.717, 1.165) is 24.5 Å². The number of aromatic nitrogens is 1. The Morgan fingerprint density at radius 3 is 2.50 bits per heavy atom. The summed E-state index contributed by atoms with van der Waals surface area (Å²) in [6, 6.07) is 5.00. The fourth-order valence-electron chi connectivity index (χ4n) is 2.42. The third-order valence-electron chi connectivity index (χ3n) is 3.44. The summed E-state index contributed by atoms with van der Waals surface area (Å²) in [5.41, 5.74) is 3.56. The van der Waals surface area contributed by atoms with Crippen molar-refractivity contribution in [2.45, 2.75) is 32.7 Å². The van der Waals surface area contributed by atoms with Gasteiger partial charge in [0.05, 0.1) is 11.4 Å². The van der Waals surface area contributed by atoms with E-state index in [2.05, 4.69) is 41.3 Å². The maximum atomic E-state index is 4.53. The molecule has 1 aromatic heterocycles. The summed E-state index contributed by atoms with van der Waals surface area (Å²) >= 11 is 0. The molecule has 0 saturated carbocycles. The van der Waals surface area contributed by atoms with E-state index in [4.69, 9.17) is 0 Å². The van der Waals surface area contributed by atoms with Gasteiger partial charge in [0.1, 0.15) is 0 Å². The van der Waals surface area contributed by atoms with Crippen LogP contribution in [0.2, 0.25) is 0 Å². The van der Waals surface area contributed by atoms with Crippen LogP contribution in [0.15, 0.2) is 12.1 Å². The Bertz CT molecular complexity index is 354. The Morgan fingerprint density at radius 1 is 1.25 bits per heavy atom. The Morgan fingerprint density at radius 2 is 1.94 bits per heavy atom. The van der Waals surface area contributed by atoms with E-state index in [0.29, 0.717) is 6.04 Å². The summed E-state index contributed by atoms with van der Waals surface area (Å²) in [6.45, 7) is 6.42. The molecule has 1 aliphatic rings. The van der Waals surface area contributed by atoms with E-state index >= 15 is 0 Å². The average Bonchev–Trinajstić information content (AvgIpc) is 2.29. The number of nitrogens with zero attached hydrogens (tertiary/aromatic N) is 2. The van der Waals surface area contributed by atoms with Gasteiger partial charge in [0.2, 0.25) is 0 Å². The second kappa shape index (κ2) is 4.83. The highest BCUT2D eigenvalue weighted by molar-refractivity contribution is 5.50. The van der Waals surface area contributed by atoms with E-state index in [-0.39, 0.29) is 0 Å². The molecule has 0 aromatic carbocycles. The second-order valence-corrected chi connectivity index (χ2v) is 4.61. The number of hydrogen-bond donors (Lipinski definition) is 1. The molecular weight excluding hydrogens is 198 g/mol. The number of anilines is 1. The maximum absolute atomic E-state index is 4.53. The van der Waals surface area contributed by atoms with Crippen LogP contribution in [0.3, 0.4) is 0 Å². The zero-order valence-electron chi connectivity index (χ0n) is 10.5. The van der Waals surface area contributed by atoms with E-state index in [1.807, 2.05) is 6.92 Å². The molecule has 0 aliphatic carbocycles. The maximum Gasteiger partial charge on any atom is 0.0608 e. The van der Waals surface area contributed by atoms with Crippen LogP contribution in [-0.4, -0.2) is 31.2 Å². The highest BCUT2D eigenvalue weighted by atomic mass is 15.2. The van der Waals surface area contributed by atoms with Gasteiger partial charge in [0, 0.05) is 24.8 Å². The molecule has 0 radical (unpaired) electrons. The molecule has 0 amide bonds. The predicted octanol–water partition coefficient (Wildman–Crippen LogP) is 1.89. The zero-order valence-corrected chi connectivity index (χ0v) is 10.5. The molecule has 1 saturated heterocycles. The average molecular weight is 219 g/mol. The number of aryl methyl sites for hydroxylation is 2. The van der Waals surface area contributed by atoms with Gasteiger partial charge < -0.3 is 10.2 Å². The van der Waals surface area contributed by atoms with Gasteiger partial charge in [-0.15, -0.1) is 0 Å². The van der Waals surface area contributed by atoms with Crippen LogP contribution in [0, 0.1) is 13.8 Å². The molecule has 1 N–H and O–H groups in total. The standard InChI is InChI=1S/C13H21N3/c1-10-4-5-13(11(2)15-10)16-8-6-12(14-3)7-9-16/h4-5,12,14H,6-9H2,1-3H3. The molecule has 0 atom stereocenters. The first kappa shape index (κ1) is 11.4. The zero-order chi connectivity index (χ0) is 11.5. The lowest BCUT2D eigenvalue weighted by Gasteiger charge is -2.34. The molecule has 2 rings (SSSR count). The summed E-state index contributed by atoms with van der Waals surface area (Å²) in [4.78, 5) is 6.98. The largest absolute Gasteiger partial charge is 0.370 e. The molecule has 0 bridgehead atoms. The van der Waals surface area contributed by atoms with Crippen molar-refractivity contribution < 1.29 is 0 Å². The minimum absolute atomic E-state index is 0.690. The van der Waals surface area contributed by atoms with Crippen LogP contribution in [-0.2, 0) is 0 Å². The van der Waals surface area contributed by atoms with Crippen LogP contribution in [0.4, 0.5) is 5.69 Å². The topological polar surface area (TPSA) is 28.2 Å². The Kier molecular flexibility index (Phi) is 3.44. The summed E-state index contributed by atoms with van der Waals surface area (Å²) < 4.78 is 0. The summed E-state index contributed by atoms with van der Waals surface area (Å²) in [7, 11) is 2.05. The highest BCUT2D eigenvalue weighted by Gasteiger charge is 2.19. The molecule has 1 aromatic rings. The smallest absolute Gasteiger partial charge is 0.0608 e. The van der Waals surface area contributed by atoms with Crippen molar-refractivity contribution in [3.05, 3.63) is 23.5 Å². The van der Waals surface area contributed by atoms with Crippen molar-refractivity contribution in [3.8, 4) is 0 Å². The first-order chi connectivity index (χ1) is 7.70. The number of piperidine rings is 1. The molecule has 3 nitrogen and oxygen atoms in total. The Hall–Kier alpha value is -1.09. The lowest BCUT2D eigenvalue weighted by Crippen LogP contribution is -2.41. The summed E-state index contributed by atoms with van der Waals surface area (Å²) in [6.07, 6.45) is 2.45. The summed E-state index contributed by atoms with van der Waals surface area (Å²) in [5, 5.41) is 3.36. The molecule has 2 heterocycles. The quantitative estimate of drug-likeness (QED) is 0.823. The third-order valence-corrected chi connectivity index (χ3v) is 3.44. The van der Waals surface area contributed by atoms with Gasteiger partial charge in [0.15, 0.2) is 0 Å². The van der Waals surface area contributed by atoms with E-state index in [9.17, 15) is 0 Å². The minimum atomic E-state index is 0.690. The minimum Gasteiger partial charge on any atom is -0.370 e. The van der Waals surface area contributed by atoms with Crippen molar-refractivity contribution in [3.63, 3.8) is 0 Å². The second-order valence-electron chi connectivity index (χ2n) is 4.61. The van der Waals surface area contributed by atoms with Crippen LogP contribution in [0.1, 0.15) is 24.2 Å². The Balaban J connectivity index is 2.08. The van der Waals surface area contributed by atoms with Crippen molar-refractivity contribution in [2.75, 3.05) is 25.0 Å². The monoisotopic (exact) mass is 219 g/mol. The molecule has 3 heteroatoms. The molecular formula is C13H21N3. The molecule has 0 spiro atoms. The van der Waals surface area contributed by atoms with Crippen LogP contribution in [0.5, 0.6) is 0 Å². The third kappa shape index (κ3) is 2.35. The van der Waals surface area contributed by atoms with Crippen molar-refractivity contribution in [1.29, 1.82) is 0 Å².